The van der Waals surface area contributed by atoms with Crippen LogP contribution in [0.4, 0.5) is 5.69 Å². The number of benzene rings is 2. The summed E-state index contributed by atoms with van der Waals surface area (Å²) >= 11 is 6.65. The summed E-state index contributed by atoms with van der Waals surface area (Å²) in [5.41, 5.74) is 3.89. The lowest BCUT2D eigenvalue weighted by atomic mass is 9.93. The van der Waals surface area contributed by atoms with Crippen molar-refractivity contribution in [2.24, 2.45) is 0 Å². The van der Waals surface area contributed by atoms with Crippen LogP contribution in [0.1, 0.15) is 50.7 Å². The molecule has 0 fully saturated rings. The lowest BCUT2D eigenvalue weighted by Gasteiger charge is -2.23. The third-order valence-electron chi connectivity index (χ3n) is 3.57. The summed E-state index contributed by atoms with van der Waals surface area (Å²) in [6, 6.07) is 16.8. The molecule has 0 saturated heterocycles. The number of rotatable bonds is 5. The first-order valence-electron chi connectivity index (χ1n) is 7.41. The van der Waals surface area contributed by atoms with Gasteiger partial charge in [0.25, 0.3) is 0 Å². The molecular formula is C18H23ClNP. The third kappa shape index (κ3) is 3.99. The Balaban J connectivity index is 2.38. The molecule has 0 aromatic heterocycles. The van der Waals surface area contributed by atoms with Crippen LogP contribution < -0.4 is 10.4 Å². The van der Waals surface area contributed by atoms with Crippen LogP contribution in [-0.4, -0.2) is 0 Å². The minimum atomic E-state index is -0.912. The molecule has 21 heavy (non-hydrogen) atoms. The Bertz CT molecular complexity index is 555. The van der Waals surface area contributed by atoms with Crippen LogP contribution in [0.2, 0.25) is 0 Å². The Labute approximate surface area is 134 Å². The number of nitrogens with one attached hydrogen (secondary N) is 1. The fourth-order valence-corrected chi connectivity index (χ4v) is 4.01. The van der Waals surface area contributed by atoms with Gasteiger partial charge in [-0.25, -0.2) is 0 Å². The minimum Gasteiger partial charge on any atom is -0.348 e. The first kappa shape index (κ1) is 16.3. The molecule has 0 unspecified atom stereocenters. The monoisotopic (exact) mass is 319 g/mol. The molecule has 1 nitrogen and oxygen atoms in total. The highest BCUT2D eigenvalue weighted by Crippen LogP contribution is 2.44. The van der Waals surface area contributed by atoms with Crippen LogP contribution in [0.15, 0.2) is 48.5 Å². The van der Waals surface area contributed by atoms with E-state index in [4.69, 9.17) is 11.2 Å². The molecule has 0 spiro atoms. The van der Waals surface area contributed by atoms with Gasteiger partial charge in [0.1, 0.15) is 7.43 Å². The van der Waals surface area contributed by atoms with Crippen molar-refractivity contribution >= 4 is 29.7 Å². The van der Waals surface area contributed by atoms with E-state index in [2.05, 4.69) is 63.1 Å². The summed E-state index contributed by atoms with van der Waals surface area (Å²) in [5.74, 6) is 0.948. The van der Waals surface area contributed by atoms with E-state index in [-0.39, 0.29) is 0 Å². The molecule has 2 aromatic carbocycles. The van der Waals surface area contributed by atoms with Gasteiger partial charge in [0, 0.05) is 11.0 Å². The smallest absolute Gasteiger partial charge is 0.119 e. The number of para-hydroxylation sites is 1. The highest BCUT2D eigenvalue weighted by atomic mass is 35.7. The highest BCUT2D eigenvalue weighted by molar-refractivity contribution is 7.91. The van der Waals surface area contributed by atoms with Gasteiger partial charge in [-0.3, -0.25) is 0 Å². The van der Waals surface area contributed by atoms with Crippen LogP contribution in [0.3, 0.4) is 0 Å². The Kier molecular flexibility index (Phi) is 5.67. The van der Waals surface area contributed by atoms with Crippen LogP contribution in [0.25, 0.3) is 0 Å². The van der Waals surface area contributed by atoms with Crippen molar-refractivity contribution in [2.75, 3.05) is 5.09 Å². The van der Waals surface area contributed by atoms with E-state index >= 15 is 0 Å². The van der Waals surface area contributed by atoms with Crippen LogP contribution >= 0.6 is 18.7 Å². The number of hydrogen-bond acceptors (Lipinski definition) is 1. The zero-order chi connectivity index (χ0) is 15.4. The molecule has 1 atom stereocenters. The van der Waals surface area contributed by atoms with Crippen molar-refractivity contribution in [3.63, 3.8) is 0 Å². The summed E-state index contributed by atoms with van der Waals surface area (Å²) in [6.07, 6.45) is 0. The maximum atomic E-state index is 6.65. The van der Waals surface area contributed by atoms with Gasteiger partial charge in [0.2, 0.25) is 0 Å². The van der Waals surface area contributed by atoms with Crippen molar-refractivity contribution in [1.82, 2.24) is 0 Å². The standard InChI is InChI=1S/C18H23ClNP/c1-13(2)16-11-8-12-17(14(3)4)18(16)20-21(19)15-9-6-5-7-10-15/h5-14,20H,1-4H3/t21-/m0/s1. The molecule has 0 bridgehead atoms. The lowest BCUT2D eigenvalue weighted by molar-refractivity contribution is 0.840. The molecule has 112 valence electrons. The van der Waals surface area contributed by atoms with Gasteiger partial charge in [-0.05, 0) is 23.0 Å². The number of halogens is 1. The molecule has 3 heteroatoms. The molecule has 0 radical (unpaired) electrons. The van der Waals surface area contributed by atoms with E-state index in [1.54, 1.807) is 0 Å². The summed E-state index contributed by atoms with van der Waals surface area (Å²) < 4.78 is 0. The third-order valence-corrected chi connectivity index (χ3v) is 5.58. The maximum Gasteiger partial charge on any atom is 0.119 e. The molecule has 0 amide bonds. The molecular weight excluding hydrogens is 297 g/mol. The highest BCUT2D eigenvalue weighted by Gasteiger charge is 2.17. The van der Waals surface area contributed by atoms with Gasteiger partial charge in [0.15, 0.2) is 0 Å². The number of anilines is 1. The Morgan fingerprint density at radius 3 is 1.81 bits per heavy atom. The molecule has 0 aliphatic carbocycles. The first-order valence-corrected chi connectivity index (χ1v) is 9.65. The van der Waals surface area contributed by atoms with Gasteiger partial charge in [-0.15, -0.1) is 0 Å². The fraction of sp³-hybridized carbons (Fsp3) is 0.333. The van der Waals surface area contributed by atoms with Crippen molar-refractivity contribution in [3.05, 3.63) is 59.7 Å². The van der Waals surface area contributed by atoms with Crippen molar-refractivity contribution in [2.45, 2.75) is 39.5 Å². The van der Waals surface area contributed by atoms with E-state index < -0.39 is 7.43 Å². The summed E-state index contributed by atoms with van der Waals surface area (Å²) in [7, 11) is -0.912. The first-order chi connectivity index (χ1) is 10.0. The number of hydrogen-bond donors (Lipinski definition) is 1. The second kappa shape index (κ2) is 7.29. The average molecular weight is 320 g/mol. The predicted octanol–water partition coefficient (Wildman–Crippen LogP) is 6.22. The Morgan fingerprint density at radius 2 is 1.33 bits per heavy atom. The van der Waals surface area contributed by atoms with Crippen LogP contribution in [0.5, 0.6) is 0 Å². The molecule has 0 saturated carbocycles. The minimum absolute atomic E-state index is 0.474. The Hall–Kier alpha value is -1.04. The quantitative estimate of drug-likeness (QED) is 0.645. The van der Waals surface area contributed by atoms with E-state index in [0.717, 1.165) is 5.30 Å². The van der Waals surface area contributed by atoms with E-state index in [0.29, 0.717) is 11.8 Å². The molecule has 2 rings (SSSR count). The predicted molar refractivity (Wildman–Crippen MR) is 97.1 cm³/mol. The van der Waals surface area contributed by atoms with Crippen LogP contribution in [-0.2, 0) is 0 Å². The molecule has 0 aliphatic rings. The average Bonchev–Trinajstić information content (AvgIpc) is 2.47. The van der Waals surface area contributed by atoms with E-state index in [1.807, 2.05) is 18.2 Å². The molecule has 0 aliphatic heterocycles. The van der Waals surface area contributed by atoms with Gasteiger partial charge in [0.05, 0.1) is 0 Å². The second-order valence-electron chi connectivity index (χ2n) is 5.85. The zero-order valence-corrected chi connectivity index (χ0v) is 14.7. The summed E-state index contributed by atoms with van der Waals surface area (Å²) in [4.78, 5) is 0. The lowest BCUT2D eigenvalue weighted by Crippen LogP contribution is -2.07. The zero-order valence-electron chi connectivity index (χ0n) is 13.1. The van der Waals surface area contributed by atoms with Gasteiger partial charge in [-0.1, -0.05) is 87.5 Å². The normalized spacial score (nSPS) is 12.7. The van der Waals surface area contributed by atoms with Crippen LogP contribution in [0, 0.1) is 0 Å². The van der Waals surface area contributed by atoms with Gasteiger partial charge < -0.3 is 5.09 Å². The van der Waals surface area contributed by atoms with Crippen molar-refractivity contribution in [1.29, 1.82) is 0 Å². The fourth-order valence-electron chi connectivity index (χ4n) is 2.40. The maximum absolute atomic E-state index is 6.65. The summed E-state index contributed by atoms with van der Waals surface area (Å²) in [6.45, 7) is 8.90. The summed E-state index contributed by atoms with van der Waals surface area (Å²) in [5, 5.41) is 4.74. The van der Waals surface area contributed by atoms with E-state index in [1.165, 1.54) is 16.8 Å². The topological polar surface area (TPSA) is 12.0 Å². The largest absolute Gasteiger partial charge is 0.348 e. The van der Waals surface area contributed by atoms with E-state index in [9.17, 15) is 0 Å². The van der Waals surface area contributed by atoms with Gasteiger partial charge >= 0.3 is 0 Å². The van der Waals surface area contributed by atoms with Crippen molar-refractivity contribution in [3.8, 4) is 0 Å². The second-order valence-corrected chi connectivity index (χ2v) is 8.16. The molecule has 2 aromatic rings. The van der Waals surface area contributed by atoms with Gasteiger partial charge in [-0.2, -0.15) is 0 Å². The molecule has 1 N–H and O–H groups in total. The SMILES string of the molecule is CC(C)c1cccc(C(C)C)c1N[P@](Cl)c1ccccc1. The molecule has 0 heterocycles. The Morgan fingerprint density at radius 1 is 0.810 bits per heavy atom. The van der Waals surface area contributed by atoms with Crippen molar-refractivity contribution < 1.29 is 0 Å².